The fourth-order valence-electron chi connectivity index (χ4n) is 2.41. The van der Waals surface area contributed by atoms with Crippen LogP contribution in [0.15, 0.2) is 18.2 Å². The van der Waals surface area contributed by atoms with Gasteiger partial charge >= 0.3 is 0 Å². The number of nitrogens with two attached hydrogens (primary N) is 1. The van der Waals surface area contributed by atoms with Crippen LogP contribution in [0.2, 0.25) is 0 Å². The van der Waals surface area contributed by atoms with Crippen LogP contribution in [0, 0.1) is 6.92 Å². The topological polar surface area (TPSA) is 77.2 Å². The van der Waals surface area contributed by atoms with Crippen LogP contribution in [0.1, 0.15) is 17.8 Å². The van der Waals surface area contributed by atoms with Crippen LogP contribution in [0.3, 0.4) is 0 Å². The Balaban J connectivity index is 1.71. The number of rotatable bonds is 3. The molecule has 0 saturated carbocycles. The van der Waals surface area contributed by atoms with Crippen LogP contribution in [0.4, 0.5) is 5.69 Å². The van der Waals surface area contributed by atoms with E-state index in [2.05, 4.69) is 10.3 Å². The second-order valence-electron chi connectivity index (χ2n) is 4.96. The predicted molar refractivity (Wildman–Crippen MR) is 79.9 cm³/mol. The number of ether oxygens (including phenoxy) is 1. The van der Waals surface area contributed by atoms with Crippen molar-refractivity contribution in [3.05, 3.63) is 23.2 Å². The Kier molecular flexibility index (Phi) is 3.69. The lowest BCUT2D eigenvalue weighted by Gasteiger charge is -2.12. The van der Waals surface area contributed by atoms with Gasteiger partial charge < -0.3 is 15.8 Å². The lowest BCUT2D eigenvalue weighted by atomic mass is 10.2. The summed E-state index contributed by atoms with van der Waals surface area (Å²) in [6.07, 6.45) is 1.21. The normalized spacial score (nSPS) is 22.3. The molecule has 1 amide bonds. The number of fused-ring (bicyclic) bond motifs is 1. The highest BCUT2D eigenvalue weighted by molar-refractivity contribution is 7.18. The molecule has 20 heavy (non-hydrogen) atoms. The first-order valence-corrected chi connectivity index (χ1v) is 7.51. The minimum absolute atomic E-state index is 0.0115. The summed E-state index contributed by atoms with van der Waals surface area (Å²) in [5.41, 5.74) is 7.30. The molecule has 1 aromatic heterocycles. The lowest BCUT2D eigenvalue weighted by molar-refractivity contribution is -0.126. The summed E-state index contributed by atoms with van der Waals surface area (Å²) >= 11 is 1.62. The number of nitrogens with one attached hydrogen (secondary N) is 1. The number of aryl methyl sites for hydroxylation is 1. The molecule has 0 radical (unpaired) electrons. The van der Waals surface area contributed by atoms with Crippen molar-refractivity contribution in [2.75, 3.05) is 11.9 Å². The average molecular weight is 291 g/mol. The van der Waals surface area contributed by atoms with Crippen molar-refractivity contribution in [1.82, 2.24) is 4.98 Å². The first-order chi connectivity index (χ1) is 9.65. The first-order valence-electron chi connectivity index (χ1n) is 6.69. The summed E-state index contributed by atoms with van der Waals surface area (Å²) in [6, 6.07) is 5.74. The SMILES string of the molecule is Cc1nc2ccc(NC(=O)C3CCC(CN)O3)cc2s1. The molecule has 3 N–H and O–H groups in total. The van der Waals surface area contributed by atoms with Gasteiger partial charge in [-0.2, -0.15) is 0 Å². The third-order valence-corrected chi connectivity index (χ3v) is 4.36. The van der Waals surface area contributed by atoms with E-state index in [1.807, 2.05) is 25.1 Å². The standard InChI is InChI=1S/C14H17N3O2S/c1-8-16-11-4-2-9(6-13(11)20-8)17-14(18)12-5-3-10(7-15)19-12/h2,4,6,10,12H,3,5,7,15H2,1H3,(H,17,18). The van der Waals surface area contributed by atoms with E-state index in [1.54, 1.807) is 11.3 Å². The molecular formula is C14H17N3O2S. The Morgan fingerprint density at radius 3 is 3.15 bits per heavy atom. The summed E-state index contributed by atoms with van der Waals surface area (Å²) in [4.78, 5) is 16.5. The van der Waals surface area contributed by atoms with E-state index in [9.17, 15) is 4.79 Å². The zero-order valence-electron chi connectivity index (χ0n) is 11.3. The Morgan fingerprint density at radius 1 is 1.55 bits per heavy atom. The van der Waals surface area contributed by atoms with E-state index >= 15 is 0 Å². The fourth-order valence-corrected chi connectivity index (χ4v) is 3.28. The van der Waals surface area contributed by atoms with Crippen LogP contribution in [-0.2, 0) is 9.53 Å². The summed E-state index contributed by atoms with van der Waals surface area (Å²) in [6.45, 7) is 2.44. The van der Waals surface area contributed by atoms with Crippen molar-refractivity contribution < 1.29 is 9.53 Å². The third-order valence-electron chi connectivity index (χ3n) is 3.43. The van der Waals surface area contributed by atoms with Crippen molar-refractivity contribution in [3.63, 3.8) is 0 Å². The highest BCUT2D eigenvalue weighted by Crippen LogP contribution is 2.26. The van der Waals surface area contributed by atoms with Crippen molar-refractivity contribution in [2.24, 2.45) is 5.73 Å². The van der Waals surface area contributed by atoms with Crippen LogP contribution < -0.4 is 11.1 Å². The summed E-state index contributed by atoms with van der Waals surface area (Å²) < 4.78 is 6.67. The number of hydrogen-bond acceptors (Lipinski definition) is 5. The maximum Gasteiger partial charge on any atom is 0.253 e. The van der Waals surface area contributed by atoms with Gasteiger partial charge in [0.15, 0.2) is 0 Å². The summed E-state index contributed by atoms with van der Waals surface area (Å²) in [7, 11) is 0. The number of thiazole rings is 1. The molecule has 1 aromatic carbocycles. The van der Waals surface area contributed by atoms with E-state index < -0.39 is 0 Å². The molecule has 5 nitrogen and oxygen atoms in total. The smallest absolute Gasteiger partial charge is 0.253 e. The minimum Gasteiger partial charge on any atom is -0.364 e. The number of hydrogen-bond donors (Lipinski definition) is 2. The van der Waals surface area contributed by atoms with E-state index in [-0.39, 0.29) is 18.1 Å². The second kappa shape index (κ2) is 5.47. The molecular weight excluding hydrogens is 274 g/mol. The number of benzene rings is 1. The molecule has 2 unspecified atom stereocenters. The molecule has 1 aliphatic rings. The molecule has 1 aliphatic heterocycles. The van der Waals surface area contributed by atoms with E-state index in [0.29, 0.717) is 6.54 Å². The van der Waals surface area contributed by atoms with Crippen molar-refractivity contribution >= 4 is 33.1 Å². The summed E-state index contributed by atoms with van der Waals surface area (Å²) in [5.74, 6) is -0.0958. The molecule has 2 heterocycles. The number of carbonyl (C=O) groups excluding carboxylic acids is 1. The highest BCUT2D eigenvalue weighted by atomic mass is 32.1. The van der Waals surface area contributed by atoms with Gasteiger partial charge in [0.2, 0.25) is 0 Å². The van der Waals surface area contributed by atoms with E-state index in [0.717, 1.165) is 33.8 Å². The van der Waals surface area contributed by atoms with Gasteiger partial charge in [0, 0.05) is 12.2 Å². The number of anilines is 1. The van der Waals surface area contributed by atoms with Gasteiger partial charge in [-0.05, 0) is 38.0 Å². The molecule has 0 bridgehead atoms. The molecule has 6 heteroatoms. The van der Waals surface area contributed by atoms with Crippen molar-refractivity contribution in [1.29, 1.82) is 0 Å². The van der Waals surface area contributed by atoms with E-state index in [1.165, 1.54) is 0 Å². The monoisotopic (exact) mass is 291 g/mol. The molecule has 0 spiro atoms. The zero-order chi connectivity index (χ0) is 14.1. The Labute approximate surface area is 121 Å². The lowest BCUT2D eigenvalue weighted by Crippen LogP contribution is -2.29. The van der Waals surface area contributed by atoms with Crippen molar-refractivity contribution in [2.45, 2.75) is 32.0 Å². The van der Waals surface area contributed by atoms with Gasteiger partial charge in [0.25, 0.3) is 5.91 Å². The number of amides is 1. The van der Waals surface area contributed by atoms with Gasteiger partial charge in [-0.15, -0.1) is 11.3 Å². The quantitative estimate of drug-likeness (QED) is 0.907. The number of carbonyl (C=O) groups is 1. The van der Waals surface area contributed by atoms with Gasteiger partial charge in [-0.1, -0.05) is 0 Å². The molecule has 3 rings (SSSR count). The highest BCUT2D eigenvalue weighted by Gasteiger charge is 2.29. The fraction of sp³-hybridized carbons (Fsp3) is 0.429. The van der Waals surface area contributed by atoms with Gasteiger partial charge in [0.05, 0.1) is 21.3 Å². The molecule has 1 saturated heterocycles. The maximum absolute atomic E-state index is 12.1. The van der Waals surface area contributed by atoms with Gasteiger partial charge in [0.1, 0.15) is 6.10 Å². The summed E-state index contributed by atoms with van der Waals surface area (Å²) in [5, 5.41) is 3.93. The van der Waals surface area contributed by atoms with Crippen LogP contribution in [0.25, 0.3) is 10.2 Å². The van der Waals surface area contributed by atoms with Crippen LogP contribution in [-0.4, -0.2) is 29.6 Å². The molecule has 1 fully saturated rings. The Morgan fingerprint density at radius 2 is 2.40 bits per heavy atom. The van der Waals surface area contributed by atoms with Gasteiger partial charge in [-0.3, -0.25) is 4.79 Å². The molecule has 0 aliphatic carbocycles. The maximum atomic E-state index is 12.1. The van der Waals surface area contributed by atoms with Crippen LogP contribution in [0.5, 0.6) is 0 Å². The van der Waals surface area contributed by atoms with Crippen LogP contribution >= 0.6 is 11.3 Å². The number of nitrogens with zero attached hydrogens (tertiary/aromatic N) is 1. The number of aromatic nitrogens is 1. The van der Waals surface area contributed by atoms with E-state index in [4.69, 9.17) is 10.5 Å². The second-order valence-corrected chi connectivity index (χ2v) is 6.20. The first kappa shape index (κ1) is 13.5. The average Bonchev–Trinajstić information content (AvgIpc) is 3.03. The molecule has 2 atom stereocenters. The molecule has 106 valence electrons. The minimum atomic E-state index is -0.387. The Bertz CT molecular complexity index is 640. The Hall–Kier alpha value is -1.50. The van der Waals surface area contributed by atoms with Crippen molar-refractivity contribution in [3.8, 4) is 0 Å². The zero-order valence-corrected chi connectivity index (χ0v) is 12.1. The van der Waals surface area contributed by atoms with Gasteiger partial charge in [-0.25, -0.2) is 4.98 Å². The molecule has 2 aromatic rings. The predicted octanol–water partition coefficient (Wildman–Crippen LogP) is 2.05. The largest absolute Gasteiger partial charge is 0.364 e. The third kappa shape index (κ3) is 2.67.